The molecule has 3 atom stereocenters. The monoisotopic (exact) mass is 288 g/mol. The fraction of sp³-hybridized carbons (Fsp3) is 0.500. The molecular formula is C16H20N2O3. The second-order valence-corrected chi connectivity index (χ2v) is 5.62. The number of amides is 2. The SMILES string of the molecule is CNC(=O)[C@@H]1CN(C(=O)Cc2ccccc2)[C@H]2CCO[C@@H]12. The highest BCUT2D eigenvalue weighted by atomic mass is 16.5. The van der Waals surface area contributed by atoms with Crippen LogP contribution in [0.3, 0.4) is 0 Å². The van der Waals surface area contributed by atoms with Crippen LogP contribution in [0.4, 0.5) is 0 Å². The molecule has 0 radical (unpaired) electrons. The number of benzene rings is 1. The van der Waals surface area contributed by atoms with E-state index in [-0.39, 0.29) is 29.9 Å². The van der Waals surface area contributed by atoms with E-state index in [1.165, 1.54) is 0 Å². The lowest BCUT2D eigenvalue weighted by Gasteiger charge is -2.22. The van der Waals surface area contributed by atoms with E-state index in [1.807, 2.05) is 35.2 Å². The normalized spacial score (nSPS) is 27.5. The number of carbonyl (C=O) groups excluding carboxylic acids is 2. The largest absolute Gasteiger partial charge is 0.375 e. The smallest absolute Gasteiger partial charge is 0.227 e. The van der Waals surface area contributed by atoms with Gasteiger partial charge in [0.15, 0.2) is 0 Å². The van der Waals surface area contributed by atoms with Crippen LogP contribution in [0.5, 0.6) is 0 Å². The van der Waals surface area contributed by atoms with Crippen molar-refractivity contribution in [1.29, 1.82) is 0 Å². The highest BCUT2D eigenvalue weighted by molar-refractivity contribution is 5.84. The number of nitrogens with one attached hydrogen (secondary N) is 1. The van der Waals surface area contributed by atoms with Gasteiger partial charge < -0.3 is 15.0 Å². The van der Waals surface area contributed by atoms with Crippen molar-refractivity contribution in [3.63, 3.8) is 0 Å². The average Bonchev–Trinajstić information content (AvgIpc) is 3.09. The number of fused-ring (bicyclic) bond motifs is 1. The molecule has 0 bridgehead atoms. The summed E-state index contributed by atoms with van der Waals surface area (Å²) < 4.78 is 5.69. The number of carbonyl (C=O) groups is 2. The molecule has 2 fully saturated rings. The fourth-order valence-corrected chi connectivity index (χ4v) is 3.35. The van der Waals surface area contributed by atoms with Gasteiger partial charge in [-0.05, 0) is 12.0 Å². The minimum atomic E-state index is -0.248. The maximum absolute atomic E-state index is 12.6. The third-order valence-corrected chi connectivity index (χ3v) is 4.40. The molecule has 2 aliphatic heterocycles. The summed E-state index contributed by atoms with van der Waals surface area (Å²) in [4.78, 5) is 26.3. The predicted octanol–water partition coefficient (Wildman–Crippen LogP) is 0.591. The quantitative estimate of drug-likeness (QED) is 0.885. The molecule has 2 heterocycles. The molecule has 0 unspecified atom stereocenters. The second-order valence-electron chi connectivity index (χ2n) is 5.62. The van der Waals surface area contributed by atoms with Gasteiger partial charge in [-0.3, -0.25) is 9.59 Å². The lowest BCUT2D eigenvalue weighted by molar-refractivity contribution is -0.131. The number of ether oxygens (including phenoxy) is 1. The molecule has 112 valence electrons. The highest BCUT2D eigenvalue weighted by Crippen LogP contribution is 2.33. The second kappa shape index (κ2) is 5.85. The molecule has 0 spiro atoms. The van der Waals surface area contributed by atoms with Gasteiger partial charge in [-0.2, -0.15) is 0 Å². The Hall–Kier alpha value is -1.88. The standard InChI is InChI=1S/C16H20N2O3/c1-17-16(20)12-10-18(13-7-8-21-15(12)13)14(19)9-11-5-3-2-4-6-11/h2-6,12-13,15H,7-10H2,1H3,(H,17,20)/t12-,13+,15+/m1/s1. The van der Waals surface area contributed by atoms with Crippen molar-refractivity contribution in [2.24, 2.45) is 5.92 Å². The summed E-state index contributed by atoms with van der Waals surface area (Å²) in [6.07, 6.45) is 1.05. The Morgan fingerprint density at radius 1 is 1.33 bits per heavy atom. The maximum Gasteiger partial charge on any atom is 0.227 e. The third-order valence-electron chi connectivity index (χ3n) is 4.40. The molecule has 2 amide bonds. The summed E-state index contributed by atoms with van der Waals surface area (Å²) in [5.74, 6) is -0.211. The number of hydrogen-bond acceptors (Lipinski definition) is 3. The molecule has 0 saturated carbocycles. The third kappa shape index (κ3) is 2.65. The first-order chi connectivity index (χ1) is 10.2. The van der Waals surface area contributed by atoms with E-state index in [4.69, 9.17) is 4.74 Å². The van der Waals surface area contributed by atoms with E-state index >= 15 is 0 Å². The van der Waals surface area contributed by atoms with Gasteiger partial charge in [0, 0.05) is 20.2 Å². The van der Waals surface area contributed by atoms with E-state index in [1.54, 1.807) is 7.05 Å². The Morgan fingerprint density at radius 2 is 2.10 bits per heavy atom. The minimum Gasteiger partial charge on any atom is -0.375 e. The van der Waals surface area contributed by atoms with Gasteiger partial charge in [0.25, 0.3) is 0 Å². The molecule has 1 aromatic carbocycles. The number of hydrogen-bond donors (Lipinski definition) is 1. The van der Waals surface area contributed by atoms with E-state index < -0.39 is 0 Å². The summed E-state index contributed by atoms with van der Waals surface area (Å²) in [6.45, 7) is 1.08. The Morgan fingerprint density at radius 3 is 2.81 bits per heavy atom. The van der Waals surface area contributed by atoms with Crippen LogP contribution in [0.25, 0.3) is 0 Å². The van der Waals surface area contributed by atoms with Gasteiger partial charge in [0.2, 0.25) is 11.8 Å². The van der Waals surface area contributed by atoms with Crippen molar-refractivity contribution >= 4 is 11.8 Å². The fourth-order valence-electron chi connectivity index (χ4n) is 3.35. The summed E-state index contributed by atoms with van der Waals surface area (Å²) in [7, 11) is 1.63. The first-order valence-electron chi connectivity index (χ1n) is 7.37. The van der Waals surface area contributed by atoms with Crippen molar-refractivity contribution in [2.45, 2.75) is 25.0 Å². The van der Waals surface area contributed by atoms with Crippen LogP contribution >= 0.6 is 0 Å². The molecule has 2 saturated heterocycles. The molecule has 0 aliphatic carbocycles. The van der Waals surface area contributed by atoms with Crippen molar-refractivity contribution < 1.29 is 14.3 Å². The van der Waals surface area contributed by atoms with Crippen molar-refractivity contribution in [3.8, 4) is 0 Å². The van der Waals surface area contributed by atoms with Crippen LogP contribution in [0.1, 0.15) is 12.0 Å². The summed E-state index contributed by atoms with van der Waals surface area (Å²) in [6, 6.07) is 9.75. The summed E-state index contributed by atoms with van der Waals surface area (Å²) in [5.41, 5.74) is 1.00. The van der Waals surface area contributed by atoms with Gasteiger partial charge in [0.1, 0.15) is 0 Å². The van der Waals surface area contributed by atoms with Gasteiger partial charge in [0.05, 0.1) is 24.5 Å². The molecule has 3 rings (SSSR count). The maximum atomic E-state index is 12.6. The molecule has 0 aromatic heterocycles. The molecule has 2 aliphatic rings. The van der Waals surface area contributed by atoms with Crippen LogP contribution in [-0.4, -0.2) is 49.1 Å². The minimum absolute atomic E-state index is 0.0399. The number of likely N-dealkylation sites (tertiary alicyclic amines) is 1. The van der Waals surface area contributed by atoms with Crippen molar-refractivity contribution in [3.05, 3.63) is 35.9 Å². The van der Waals surface area contributed by atoms with E-state index in [0.29, 0.717) is 19.6 Å². The van der Waals surface area contributed by atoms with Crippen molar-refractivity contribution in [1.82, 2.24) is 10.2 Å². The Bertz CT molecular complexity index is 532. The molecule has 5 nitrogen and oxygen atoms in total. The zero-order valence-corrected chi connectivity index (χ0v) is 12.1. The van der Waals surface area contributed by atoms with E-state index in [0.717, 1.165) is 12.0 Å². The topological polar surface area (TPSA) is 58.6 Å². The van der Waals surface area contributed by atoms with Crippen LogP contribution < -0.4 is 5.32 Å². The predicted molar refractivity (Wildman–Crippen MR) is 77.6 cm³/mol. The van der Waals surface area contributed by atoms with Crippen LogP contribution in [0, 0.1) is 5.92 Å². The van der Waals surface area contributed by atoms with Crippen LogP contribution in [-0.2, 0) is 20.7 Å². The summed E-state index contributed by atoms with van der Waals surface area (Å²) >= 11 is 0. The molecule has 5 heteroatoms. The van der Waals surface area contributed by atoms with Gasteiger partial charge in [-0.15, -0.1) is 0 Å². The van der Waals surface area contributed by atoms with Crippen molar-refractivity contribution in [2.75, 3.05) is 20.2 Å². The first-order valence-corrected chi connectivity index (χ1v) is 7.37. The lowest BCUT2D eigenvalue weighted by Crippen LogP contribution is -2.38. The van der Waals surface area contributed by atoms with Gasteiger partial charge in [-0.25, -0.2) is 0 Å². The number of nitrogens with zero attached hydrogens (tertiary/aromatic N) is 1. The zero-order chi connectivity index (χ0) is 14.8. The van der Waals surface area contributed by atoms with Crippen LogP contribution in [0.15, 0.2) is 30.3 Å². The molecular weight excluding hydrogens is 268 g/mol. The number of rotatable bonds is 3. The zero-order valence-electron chi connectivity index (χ0n) is 12.1. The lowest BCUT2D eigenvalue weighted by atomic mass is 10.0. The van der Waals surface area contributed by atoms with Gasteiger partial charge in [-0.1, -0.05) is 30.3 Å². The molecule has 21 heavy (non-hydrogen) atoms. The van der Waals surface area contributed by atoms with E-state index in [2.05, 4.69) is 5.32 Å². The summed E-state index contributed by atoms with van der Waals surface area (Å²) in [5, 5.41) is 2.67. The van der Waals surface area contributed by atoms with Gasteiger partial charge >= 0.3 is 0 Å². The Balaban J connectivity index is 1.73. The Labute approximate surface area is 124 Å². The molecule has 1 N–H and O–H groups in total. The highest BCUT2D eigenvalue weighted by Gasteiger charge is 2.49. The van der Waals surface area contributed by atoms with E-state index in [9.17, 15) is 9.59 Å². The first kappa shape index (κ1) is 14.1. The Kier molecular flexibility index (Phi) is 3.92. The molecule has 1 aromatic rings. The average molecular weight is 288 g/mol. The van der Waals surface area contributed by atoms with Crippen LogP contribution in [0.2, 0.25) is 0 Å².